The molecule has 3 aromatic rings. The summed E-state index contributed by atoms with van der Waals surface area (Å²) in [6.45, 7) is 2.70. The number of carbonyl (C=O) groups is 1. The van der Waals surface area contributed by atoms with Crippen LogP contribution in [-0.4, -0.2) is 39.9 Å². The zero-order chi connectivity index (χ0) is 24.2. The molecule has 2 aromatic heterocycles. The molecule has 4 rings (SSSR count). The number of nitrogens with one attached hydrogen (secondary N) is 1. The monoisotopic (exact) mass is 485 g/mol. The van der Waals surface area contributed by atoms with E-state index in [0.29, 0.717) is 17.3 Å². The van der Waals surface area contributed by atoms with Crippen molar-refractivity contribution in [2.75, 3.05) is 19.5 Å². The Morgan fingerprint density at radius 1 is 1.21 bits per heavy atom. The summed E-state index contributed by atoms with van der Waals surface area (Å²) in [4.78, 5) is 21.9. The second-order valence-corrected chi connectivity index (χ2v) is 9.25. The van der Waals surface area contributed by atoms with Crippen molar-refractivity contribution in [1.29, 1.82) is 0 Å². The van der Waals surface area contributed by atoms with Gasteiger partial charge in [-0.05, 0) is 49.8 Å². The van der Waals surface area contributed by atoms with Crippen LogP contribution in [0.1, 0.15) is 62.0 Å². The van der Waals surface area contributed by atoms with Crippen LogP contribution in [0, 0.1) is 5.92 Å². The van der Waals surface area contributed by atoms with Gasteiger partial charge in [0, 0.05) is 19.5 Å². The number of halogens is 1. The van der Waals surface area contributed by atoms with E-state index in [1.807, 2.05) is 29.9 Å². The highest BCUT2D eigenvalue weighted by Gasteiger charge is 2.30. The highest BCUT2D eigenvalue weighted by atomic mass is 35.5. The smallest absolute Gasteiger partial charge is 0.308 e. The van der Waals surface area contributed by atoms with Crippen molar-refractivity contribution in [1.82, 2.24) is 19.7 Å². The number of hydrogen-bond acceptors (Lipinski definition) is 7. The zero-order valence-electron chi connectivity index (χ0n) is 20.2. The zero-order valence-corrected chi connectivity index (χ0v) is 21.0. The molecule has 0 atom stereocenters. The number of ether oxygens (including phenoxy) is 2. The molecular formula is C25H32ClN5O3. The normalized spacial score (nSPS) is 18.1. The predicted octanol–water partition coefficient (Wildman–Crippen LogP) is 5.04. The molecule has 0 saturated heterocycles. The van der Waals surface area contributed by atoms with Crippen molar-refractivity contribution in [2.24, 2.45) is 13.0 Å². The number of esters is 1. The molecular weight excluding hydrogens is 454 g/mol. The Labute approximate surface area is 205 Å². The van der Waals surface area contributed by atoms with Crippen LogP contribution >= 0.6 is 11.6 Å². The fraction of sp³-hybridized carbons (Fsp3) is 0.520. The SMILES string of the molecule is CCCc1nn(C)c2c(NCc3ccc(OC)c(Cl)c3)nc(C3CCC(C(=O)OC)CC3)nc12. The van der Waals surface area contributed by atoms with Crippen LogP contribution < -0.4 is 10.1 Å². The number of aromatic nitrogens is 4. The second-order valence-electron chi connectivity index (χ2n) is 8.84. The minimum Gasteiger partial charge on any atom is -0.495 e. The number of benzene rings is 1. The summed E-state index contributed by atoms with van der Waals surface area (Å²) in [6, 6.07) is 5.74. The summed E-state index contributed by atoms with van der Waals surface area (Å²) in [5.74, 6) is 2.28. The summed E-state index contributed by atoms with van der Waals surface area (Å²) in [6.07, 6.45) is 5.16. The first-order valence-corrected chi connectivity index (χ1v) is 12.2. The lowest BCUT2D eigenvalue weighted by Crippen LogP contribution is -2.23. The number of fused-ring (bicyclic) bond motifs is 1. The molecule has 0 bridgehead atoms. The molecule has 34 heavy (non-hydrogen) atoms. The van der Waals surface area contributed by atoms with Crippen LogP contribution in [0.2, 0.25) is 5.02 Å². The Balaban J connectivity index is 1.64. The molecule has 0 spiro atoms. The van der Waals surface area contributed by atoms with Gasteiger partial charge in [0.2, 0.25) is 0 Å². The van der Waals surface area contributed by atoms with Crippen molar-refractivity contribution in [3.05, 3.63) is 40.3 Å². The molecule has 0 radical (unpaired) electrons. The van der Waals surface area contributed by atoms with Gasteiger partial charge in [0.1, 0.15) is 22.6 Å². The van der Waals surface area contributed by atoms with Gasteiger partial charge in [-0.25, -0.2) is 9.97 Å². The van der Waals surface area contributed by atoms with Gasteiger partial charge in [0.15, 0.2) is 5.82 Å². The maximum atomic E-state index is 12.0. The van der Waals surface area contributed by atoms with Gasteiger partial charge in [-0.2, -0.15) is 5.10 Å². The quantitative estimate of drug-likeness (QED) is 0.447. The van der Waals surface area contributed by atoms with E-state index in [9.17, 15) is 4.79 Å². The van der Waals surface area contributed by atoms with Crippen LogP contribution in [0.5, 0.6) is 5.75 Å². The fourth-order valence-electron chi connectivity index (χ4n) is 4.73. The van der Waals surface area contributed by atoms with E-state index in [0.717, 1.165) is 72.5 Å². The maximum Gasteiger partial charge on any atom is 0.308 e. The number of carbonyl (C=O) groups excluding carboxylic acids is 1. The molecule has 9 heteroatoms. The van der Waals surface area contributed by atoms with Gasteiger partial charge in [-0.15, -0.1) is 0 Å². The van der Waals surface area contributed by atoms with E-state index in [1.165, 1.54) is 7.11 Å². The van der Waals surface area contributed by atoms with Gasteiger partial charge in [-0.3, -0.25) is 9.48 Å². The predicted molar refractivity (Wildman–Crippen MR) is 132 cm³/mol. The molecule has 0 aliphatic heterocycles. The first kappa shape index (κ1) is 24.3. The van der Waals surface area contributed by atoms with E-state index in [1.54, 1.807) is 7.11 Å². The summed E-state index contributed by atoms with van der Waals surface area (Å²) in [7, 11) is 4.99. The Kier molecular flexibility index (Phi) is 7.56. The molecule has 1 fully saturated rings. The van der Waals surface area contributed by atoms with E-state index in [4.69, 9.17) is 36.1 Å². The molecule has 1 aromatic carbocycles. The number of aryl methyl sites for hydroxylation is 2. The van der Waals surface area contributed by atoms with Crippen molar-refractivity contribution in [3.8, 4) is 5.75 Å². The lowest BCUT2D eigenvalue weighted by Gasteiger charge is -2.26. The third-order valence-electron chi connectivity index (χ3n) is 6.56. The van der Waals surface area contributed by atoms with Crippen LogP contribution in [0.15, 0.2) is 18.2 Å². The lowest BCUT2D eigenvalue weighted by molar-refractivity contribution is -0.146. The standard InChI is InChI=1S/C25H32ClN5O3/c1-5-6-19-21-22(31(2)30-19)24(27-14-15-7-12-20(33-3)18(26)13-15)29-23(28-21)16-8-10-17(11-9-16)25(32)34-4/h7,12-13,16-17H,5-6,8-11,14H2,1-4H3,(H,27,28,29). The molecule has 8 nitrogen and oxygen atoms in total. The first-order chi connectivity index (χ1) is 16.4. The molecule has 1 aliphatic carbocycles. The van der Waals surface area contributed by atoms with Gasteiger partial charge < -0.3 is 14.8 Å². The molecule has 182 valence electrons. The van der Waals surface area contributed by atoms with Gasteiger partial charge in [0.25, 0.3) is 0 Å². The summed E-state index contributed by atoms with van der Waals surface area (Å²) < 4.78 is 12.1. The lowest BCUT2D eigenvalue weighted by atomic mass is 9.81. The van der Waals surface area contributed by atoms with Gasteiger partial charge in [-0.1, -0.05) is 31.0 Å². The van der Waals surface area contributed by atoms with Gasteiger partial charge in [0.05, 0.1) is 30.9 Å². The Bertz CT molecular complexity index is 1170. The van der Waals surface area contributed by atoms with Crippen LogP contribution in [-0.2, 0) is 29.5 Å². The van der Waals surface area contributed by atoms with Crippen molar-refractivity contribution < 1.29 is 14.3 Å². The summed E-state index contributed by atoms with van der Waals surface area (Å²) in [5, 5.41) is 8.81. The van der Waals surface area contributed by atoms with Crippen molar-refractivity contribution in [3.63, 3.8) is 0 Å². The number of hydrogen-bond donors (Lipinski definition) is 1. The van der Waals surface area contributed by atoms with Gasteiger partial charge >= 0.3 is 5.97 Å². The minimum absolute atomic E-state index is 0.0311. The second kappa shape index (κ2) is 10.6. The maximum absolute atomic E-state index is 12.0. The number of rotatable bonds is 8. The molecule has 1 N–H and O–H groups in total. The van der Waals surface area contributed by atoms with E-state index in [-0.39, 0.29) is 17.8 Å². The average molecular weight is 486 g/mol. The Morgan fingerprint density at radius 2 is 1.97 bits per heavy atom. The fourth-order valence-corrected chi connectivity index (χ4v) is 5.01. The van der Waals surface area contributed by atoms with E-state index < -0.39 is 0 Å². The molecule has 0 amide bonds. The third kappa shape index (κ3) is 4.97. The average Bonchev–Trinajstić information content (AvgIpc) is 3.17. The number of nitrogens with zero attached hydrogens (tertiary/aromatic N) is 4. The Hall–Kier alpha value is -2.87. The molecule has 2 heterocycles. The van der Waals surface area contributed by atoms with Crippen molar-refractivity contribution >= 4 is 34.4 Å². The molecule has 1 aliphatic rings. The topological polar surface area (TPSA) is 91.2 Å². The third-order valence-corrected chi connectivity index (χ3v) is 6.85. The Morgan fingerprint density at radius 3 is 2.62 bits per heavy atom. The molecule has 1 saturated carbocycles. The van der Waals surface area contributed by atoms with Crippen LogP contribution in [0.25, 0.3) is 11.0 Å². The summed E-state index contributed by atoms with van der Waals surface area (Å²) >= 11 is 6.32. The number of anilines is 1. The highest BCUT2D eigenvalue weighted by molar-refractivity contribution is 6.32. The summed E-state index contributed by atoms with van der Waals surface area (Å²) in [5.41, 5.74) is 3.81. The van der Waals surface area contributed by atoms with E-state index in [2.05, 4.69) is 12.2 Å². The van der Waals surface area contributed by atoms with E-state index >= 15 is 0 Å². The largest absolute Gasteiger partial charge is 0.495 e. The molecule has 0 unspecified atom stereocenters. The van der Waals surface area contributed by atoms with Crippen LogP contribution in [0.4, 0.5) is 5.82 Å². The van der Waals surface area contributed by atoms with Crippen molar-refractivity contribution in [2.45, 2.75) is 57.9 Å². The number of methoxy groups -OCH3 is 2. The minimum atomic E-state index is -0.118. The van der Waals surface area contributed by atoms with Crippen LogP contribution in [0.3, 0.4) is 0 Å². The first-order valence-electron chi connectivity index (χ1n) is 11.8. The highest BCUT2D eigenvalue weighted by Crippen LogP contribution is 2.37.